The third-order valence-corrected chi connectivity index (χ3v) is 6.24. The smallest absolute Gasteiger partial charge is 0.279 e. The molecule has 6 nitrogen and oxygen atoms in total. The summed E-state index contributed by atoms with van der Waals surface area (Å²) in [5.41, 5.74) is 6.39. The van der Waals surface area contributed by atoms with Crippen molar-refractivity contribution in [2.45, 2.75) is 34.1 Å². The van der Waals surface area contributed by atoms with Gasteiger partial charge in [0, 0.05) is 11.3 Å². The van der Waals surface area contributed by atoms with Crippen molar-refractivity contribution in [1.82, 2.24) is 20.0 Å². The van der Waals surface area contributed by atoms with Gasteiger partial charge in [-0.15, -0.1) is 16.4 Å². The number of carbonyl (C=O) groups is 1. The summed E-state index contributed by atoms with van der Waals surface area (Å²) in [6, 6.07) is 16.3. The van der Waals surface area contributed by atoms with Crippen molar-refractivity contribution < 1.29 is 4.79 Å². The lowest BCUT2D eigenvalue weighted by molar-refractivity contribution is 0.102. The van der Waals surface area contributed by atoms with Crippen LogP contribution < -0.4 is 5.32 Å². The number of carbonyl (C=O) groups excluding carboxylic acids is 1. The second kappa shape index (κ2) is 8.20. The standard InChI is InChI=1S/C23H23N5OS/c1-14-10-11-19(12-15(14)2)28-17(4)21(26-27-28)22(29)25-23-24-16(3)20(30-23)13-18-8-6-5-7-9-18/h5-12H,13H2,1-4H3,(H,24,25,29). The largest absolute Gasteiger partial charge is 0.296 e. The number of hydrogen-bond acceptors (Lipinski definition) is 5. The van der Waals surface area contributed by atoms with E-state index in [1.165, 1.54) is 22.5 Å². The maximum atomic E-state index is 12.8. The highest BCUT2D eigenvalue weighted by molar-refractivity contribution is 7.15. The number of nitrogens with one attached hydrogen (secondary N) is 1. The molecular weight excluding hydrogens is 394 g/mol. The Morgan fingerprint density at radius 3 is 2.53 bits per heavy atom. The molecule has 30 heavy (non-hydrogen) atoms. The second-order valence-corrected chi connectivity index (χ2v) is 8.43. The molecule has 1 N–H and O–H groups in total. The van der Waals surface area contributed by atoms with E-state index in [1.807, 2.05) is 50.2 Å². The van der Waals surface area contributed by atoms with Crippen molar-refractivity contribution in [3.8, 4) is 5.69 Å². The summed E-state index contributed by atoms with van der Waals surface area (Å²) in [5, 5.41) is 11.8. The SMILES string of the molecule is Cc1ccc(-n2nnc(C(=O)Nc3nc(C)c(Cc4ccccc4)s3)c2C)cc1C. The van der Waals surface area contributed by atoms with E-state index < -0.39 is 0 Å². The molecule has 0 saturated carbocycles. The first kappa shape index (κ1) is 20.0. The van der Waals surface area contributed by atoms with Crippen LogP contribution in [0.25, 0.3) is 5.69 Å². The summed E-state index contributed by atoms with van der Waals surface area (Å²) in [6.45, 7) is 7.93. The zero-order chi connectivity index (χ0) is 21.3. The van der Waals surface area contributed by atoms with Crippen molar-refractivity contribution >= 4 is 22.4 Å². The van der Waals surface area contributed by atoms with Crippen molar-refractivity contribution in [2.75, 3.05) is 5.32 Å². The topological polar surface area (TPSA) is 72.7 Å². The van der Waals surface area contributed by atoms with Crippen LogP contribution >= 0.6 is 11.3 Å². The van der Waals surface area contributed by atoms with Gasteiger partial charge in [0.1, 0.15) is 0 Å². The Bertz CT molecular complexity index is 1210. The summed E-state index contributed by atoms with van der Waals surface area (Å²) in [6.07, 6.45) is 0.794. The molecule has 0 atom stereocenters. The molecule has 4 aromatic rings. The van der Waals surface area contributed by atoms with Crippen LogP contribution in [-0.4, -0.2) is 25.9 Å². The summed E-state index contributed by atoms with van der Waals surface area (Å²) in [7, 11) is 0. The maximum Gasteiger partial charge on any atom is 0.279 e. The van der Waals surface area contributed by atoms with Crippen LogP contribution in [0.3, 0.4) is 0 Å². The highest BCUT2D eigenvalue weighted by Crippen LogP contribution is 2.26. The van der Waals surface area contributed by atoms with E-state index in [-0.39, 0.29) is 5.91 Å². The van der Waals surface area contributed by atoms with E-state index in [0.717, 1.165) is 28.2 Å². The van der Waals surface area contributed by atoms with Crippen molar-refractivity contribution in [2.24, 2.45) is 0 Å². The van der Waals surface area contributed by atoms with Gasteiger partial charge in [-0.1, -0.05) is 41.6 Å². The van der Waals surface area contributed by atoms with Gasteiger partial charge in [-0.05, 0) is 56.5 Å². The molecule has 0 spiro atoms. The van der Waals surface area contributed by atoms with Gasteiger partial charge >= 0.3 is 0 Å². The van der Waals surface area contributed by atoms with E-state index in [1.54, 1.807) is 4.68 Å². The van der Waals surface area contributed by atoms with Gasteiger partial charge < -0.3 is 0 Å². The molecule has 1 amide bonds. The average molecular weight is 418 g/mol. The van der Waals surface area contributed by atoms with Gasteiger partial charge in [-0.25, -0.2) is 9.67 Å². The van der Waals surface area contributed by atoms with E-state index in [2.05, 4.69) is 46.6 Å². The van der Waals surface area contributed by atoms with E-state index in [4.69, 9.17) is 0 Å². The molecule has 0 unspecified atom stereocenters. The van der Waals surface area contributed by atoms with Gasteiger partial charge in [0.15, 0.2) is 10.8 Å². The van der Waals surface area contributed by atoms with E-state index in [9.17, 15) is 4.79 Å². The van der Waals surface area contributed by atoms with Gasteiger partial charge in [0.2, 0.25) is 0 Å². The van der Waals surface area contributed by atoms with Crippen LogP contribution in [0.2, 0.25) is 0 Å². The number of thiazole rings is 1. The Labute approximate surface area is 179 Å². The lowest BCUT2D eigenvalue weighted by atomic mass is 10.1. The molecule has 4 rings (SSSR count). The highest BCUT2D eigenvalue weighted by atomic mass is 32.1. The summed E-state index contributed by atoms with van der Waals surface area (Å²) in [4.78, 5) is 18.5. The Morgan fingerprint density at radius 2 is 1.80 bits per heavy atom. The molecule has 152 valence electrons. The van der Waals surface area contributed by atoms with Crippen LogP contribution in [0.5, 0.6) is 0 Å². The first-order valence-corrected chi connectivity index (χ1v) is 10.6. The lowest BCUT2D eigenvalue weighted by Crippen LogP contribution is -2.14. The third kappa shape index (κ3) is 4.02. The average Bonchev–Trinajstić information content (AvgIpc) is 3.27. The molecule has 2 aromatic heterocycles. The molecule has 0 radical (unpaired) electrons. The normalized spacial score (nSPS) is 10.9. The summed E-state index contributed by atoms with van der Waals surface area (Å²) < 4.78 is 1.69. The first-order valence-electron chi connectivity index (χ1n) is 9.74. The number of nitrogens with zero attached hydrogens (tertiary/aromatic N) is 4. The fourth-order valence-corrected chi connectivity index (χ4v) is 4.22. The Hall–Kier alpha value is -3.32. The molecule has 0 saturated heterocycles. The monoisotopic (exact) mass is 417 g/mol. The van der Waals surface area contributed by atoms with Crippen LogP contribution in [0.15, 0.2) is 48.5 Å². The highest BCUT2D eigenvalue weighted by Gasteiger charge is 2.19. The van der Waals surface area contributed by atoms with Gasteiger partial charge in [0.05, 0.1) is 17.1 Å². The van der Waals surface area contributed by atoms with Crippen molar-refractivity contribution in [3.63, 3.8) is 0 Å². The Balaban J connectivity index is 1.53. The molecule has 0 aliphatic heterocycles. The maximum absolute atomic E-state index is 12.8. The minimum Gasteiger partial charge on any atom is -0.296 e. The number of benzene rings is 2. The fourth-order valence-electron chi connectivity index (χ4n) is 3.22. The number of rotatable bonds is 5. The Morgan fingerprint density at radius 1 is 1.03 bits per heavy atom. The second-order valence-electron chi connectivity index (χ2n) is 7.35. The minimum absolute atomic E-state index is 0.297. The minimum atomic E-state index is -0.303. The lowest BCUT2D eigenvalue weighted by Gasteiger charge is -2.06. The van der Waals surface area contributed by atoms with Crippen LogP contribution in [0, 0.1) is 27.7 Å². The molecule has 7 heteroatoms. The zero-order valence-corrected chi connectivity index (χ0v) is 18.2. The summed E-state index contributed by atoms with van der Waals surface area (Å²) >= 11 is 1.49. The predicted molar refractivity (Wildman–Crippen MR) is 120 cm³/mol. The van der Waals surface area contributed by atoms with Gasteiger partial charge in [0.25, 0.3) is 5.91 Å². The van der Waals surface area contributed by atoms with Gasteiger partial charge in [-0.3, -0.25) is 10.1 Å². The van der Waals surface area contributed by atoms with Crippen LogP contribution in [0.1, 0.15) is 43.4 Å². The number of anilines is 1. The number of amides is 1. The zero-order valence-electron chi connectivity index (χ0n) is 17.4. The molecule has 2 heterocycles. The van der Waals surface area contributed by atoms with Gasteiger partial charge in [-0.2, -0.15) is 0 Å². The molecule has 0 bridgehead atoms. The molecule has 0 fully saturated rings. The van der Waals surface area contributed by atoms with Crippen LogP contribution in [-0.2, 0) is 6.42 Å². The van der Waals surface area contributed by atoms with Crippen molar-refractivity contribution in [3.05, 3.63) is 87.2 Å². The molecular formula is C23H23N5OS. The first-order chi connectivity index (χ1) is 14.4. The third-order valence-electron chi connectivity index (χ3n) is 5.17. The Kier molecular flexibility index (Phi) is 5.46. The van der Waals surface area contributed by atoms with E-state index in [0.29, 0.717) is 16.5 Å². The van der Waals surface area contributed by atoms with Crippen LogP contribution in [0.4, 0.5) is 5.13 Å². The molecule has 0 aliphatic carbocycles. The number of aryl methyl sites for hydroxylation is 3. The fraction of sp³-hybridized carbons (Fsp3) is 0.217. The number of aromatic nitrogens is 4. The quantitative estimate of drug-likeness (QED) is 0.506. The number of hydrogen-bond donors (Lipinski definition) is 1. The summed E-state index contributed by atoms with van der Waals surface area (Å²) in [5.74, 6) is -0.303. The van der Waals surface area contributed by atoms with E-state index >= 15 is 0 Å². The predicted octanol–water partition coefficient (Wildman–Crippen LogP) is 4.80. The molecule has 0 aliphatic rings. The van der Waals surface area contributed by atoms with Crippen molar-refractivity contribution in [1.29, 1.82) is 0 Å². The molecule has 2 aromatic carbocycles.